The van der Waals surface area contributed by atoms with Gasteiger partial charge >= 0.3 is 0 Å². The Morgan fingerprint density at radius 3 is 3.00 bits per heavy atom. The molecule has 1 heterocycles. The lowest BCUT2D eigenvalue weighted by Crippen LogP contribution is -1.87. The molecular weight excluding hydrogens is 163 g/mol. The van der Waals surface area contributed by atoms with E-state index >= 15 is 0 Å². The quantitative estimate of drug-likeness (QED) is 0.600. The van der Waals surface area contributed by atoms with Crippen molar-refractivity contribution in [2.45, 2.75) is 4.90 Å². The van der Waals surface area contributed by atoms with Crippen molar-refractivity contribution in [2.24, 2.45) is 0 Å². The van der Waals surface area contributed by atoms with Gasteiger partial charge < -0.3 is 0 Å². The van der Waals surface area contributed by atoms with Gasteiger partial charge in [0.2, 0.25) is 0 Å². The fourth-order valence-electron chi connectivity index (χ4n) is 0.660. The topological polar surface area (TPSA) is 36.7 Å². The summed E-state index contributed by atoms with van der Waals surface area (Å²) in [4.78, 5) is 4.19. The van der Waals surface area contributed by atoms with Crippen molar-refractivity contribution in [3.8, 4) is 6.07 Å². The third kappa shape index (κ3) is 1.69. The summed E-state index contributed by atoms with van der Waals surface area (Å²) < 4.78 is 12.5. The Morgan fingerprint density at radius 2 is 2.45 bits per heavy atom. The molecule has 0 unspecified atom stereocenters. The molecule has 0 N–H and O–H groups in total. The highest BCUT2D eigenvalue weighted by Gasteiger charge is 2.02. The molecule has 0 saturated heterocycles. The van der Waals surface area contributed by atoms with E-state index < -0.39 is 5.82 Å². The largest absolute Gasteiger partial charge is 0.241 e. The van der Waals surface area contributed by atoms with E-state index in [1.165, 1.54) is 17.8 Å². The molecule has 1 aromatic rings. The van der Waals surface area contributed by atoms with E-state index in [-0.39, 0.29) is 5.69 Å². The van der Waals surface area contributed by atoms with Crippen LogP contribution in [0.1, 0.15) is 5.69 Å². The number of halogens is 1. The Labute approximate surface area is 68.1 Å². The highest BCUT2D eigenvalue weighted by atomic mass is 32.2. The van der Waals surface area contributed by atoms with E-state index in [9.17, 15) is 4.39 Å². The molecule has 1 rings (SSSR count). The molecule has 4 heteroatoms. The van der Waals surface area contributed by atoms with E-state index in [4.69, 9.17) is 5.26 Å². The van der Waals surface area contributed by atoms with Crippen molar-refractivity contribution in [3.05, 3.63) is 23.8 Å². The van der Waals surface area contributed by atoms with E-state index in [1.807, 2.05) is 6.07 Å². The molecular formula is C7H5FN2S. The number of hydrogen-bond acceptors (Lipinski definition) is 3. The molecule has 2 nitrogen and oxygen atoms in total. The Bertz CT molecular complexity index is 306. The number of nitrogens with zero attached hydrogens (tertiary/aromatic N) is 2. The summed E-state index contributed by atoms with van der Waals surface area (Å²) in [6.07, 6.45) is 2.82. The predicted octanol–water partition coefficient (Wildman–Crippen LogP) is 1.81. The van der Waals surface area contributed by atoms with Crippen LogP contribution >= 0.6 is 11.8 Å². The average molecular weight is 168 g/mol. The number of rotatable bonds is 1. The van der Waals surface area contributed by atoms with Gasteiger partial charge in [0.1, 0.15) is 11.9 Å². The second-order valence-electron chi connectivity index (χ2n) is 1.82. The maximum atomic E-state index is 12.5. The fraction of sp³-hybridized carbons (Fsp3) is 0.143. The molecule has 0 fully saturated rings. The molecule has 11 heavy (non-hydrogen) atoms. The van der Waals surface area contributed by atoms with Gasteiger partial charge in [-0.25, -0.2) is 9.37 Å². The van der Waals surface area contributed by atoms with Crippen molar-refractivity contribution in [1.29, 1.82) is 5.26 Å². The minimum Gasteiger partial charge on any atom is -0.241 e. The number of nitriles is 1. The van der Waals surface area contributed by atoms with Gasteiger partial charge in [0.25, 0.3) is 0 Å². The fourth-order valence-corrected chi connectivity index (χ4v) is 1.18. The molecule has 0 aromatic carbocycles. The molecule has 0 amide bonds. The lowest BCUT2D eigenvalue weighted by Gasteiger charge is -1.96. The second kappa shape index (κ2) is 3.35. The second-order valence-corrected chi connectivity index (χ2v) is 2.66. The van der Waals surface area contributed by atoms with Gasteiger partial charge in [-0.1, -0.05) is 0 Å². The van der Waals surface area contributed by atoms with E-state index in [0.717, 1.165) is 6.20 Å². The molecule has 0 saturated carbocycles. The van der Waals surface area contributed by atoms with E-state index in [0.29, 0.717) is 4.90 Å². The predicted molar refractivity (Wildman–Crippen MR) is 40.7 cm³/mol. The van der Waals surface area contributed by atoms with Crippen molar-refractivity contribution >= 4 is 11.8 Å². The lowest BCUT2D eigenvalue weighted by atomic mass is 10.4. The molecule has 0 aliphatic heterocycles. The SMILES string of the molecule is CSc1cc(F)cnc1C#N. The van der Waals surface area contributed by atoms with Crippen LogP contribution in [0.15, 0.2) is 17.2 Å². The molecule has 1 aromatic heterocycles. The standard InChI is InChI=1S/C7H5FN2S/c1-11-7-2-5(8)4-10-6(7)3-9/h2,4H,1H3. The summed E-state index contributed by atoms with van der Waals surface area (Å²) >= 11 is 1.31. The van der Waals surface area contributed by atoms with Crippen molar-refractivity contribution in [2.75, 3.05) is 6.26 Å². The number of pyridine rings is 1. The average Bonchev–Trinajstić information content (AvgIpc) is 2.04. The number of aromatic nitrogens is 1. The maximum absolute atomic E-state index is 12.5. The monoisotopic (exact) mass is 168 g/mol. The molecule has 56 valence electrons. The Morgan fingerprint density at radius 1 is 1.73 bits per heavy atom. The van der Waals surface area contributed by atoms with Gasteiger partial charge in [-0.2, -0.15) is 5.26 Å². The van der Waals surface area contributed by atoms with E-state index in [1.54, 1.807) is 6.26 Å². The summed E-state index contributed by atoms with van der Waals surface area (Å²) in [5.41, 5.74) is 0.277. The summed E-state index contributed by atoms with van der Waals surface area (Å²) in [7, 11) is 0. The summed E-state index contributed by atoms with van der Waals surface area (Å²) in [5.74, 6) is -0.409. The van der Waals surface area contributed by atoms with Crippen LogP contribution in [-0.4, -0.2) is 11.2 Å². The highest BCUT2D eigenvalue weighted by Crippen LogP contribution is 2.18. The van der Waals surface area contributed by atoms with Gasteiger partial charge in [0.15, 0.2) is 5.69 Å². The zero-order valence-corrected chi connectivity index (χ0v) is 6.65. The van der Waals surface area contributed by atoms with E-state index in [2.05, 4.69) is 4.98 Å². The van der Waals surface area contributed by atoms with Crippen LogP contribution in [0.4, 0.5) is 4.39 Å². The molecule has 0 bridgehead atoms. The molecule has 0 aliphatic rings. The van der Waals surface area contributed by atoms with Gasteiger partial charge in [0, 0.05) is 4.90 Å². The lowest BCUT2D eigenvalue weighted by molar-refractivity contribution is 0.616. The molecule has 0 aliphatic carbocycles. The van der Waals surface area contributed by atoms with Crippen LogP contribution in [0.5, 0.6) is 0 Å². The van der Waals surface area contributed by atoms with Gasteiger partial charge in [0.05, 0.1) is 6.20 Å². The van der Waals surface area contributed by atoms with Crippen LogP contribution in [0, 0.1) is 17.1 Å². The minimum absolute atomic E-state index is 0.277. The van der Waals surface area contributed by atoms with Crippen molar-refractivity contribution < 1.29 is 4.39 Å². The Hall–Kier alpha value is -1.08. The zero-order valence-electron chi connectivity index (χ0n) is 5.84. The summed E-state index contributed by atoms with van der Waals surface area (Å²) in [5, 5.41) is 8.49. The first kappa shape index (κ1) is 8.02. The third-order valence-electron chi connectivity index (χ3n) is 1.15. The van der Waals surface area contributed by atoms with Crippen LogP contribution in [0.2, 0.25) is 0 Å². The zero-order chi connectivity index (χ0) is 8.27. The first-order valence-corrected chi connectivity index (χ1v) is 4.10. The maximum Gasteiger partial charge on any atom is 0.154 e. The molecule has 0 atom stereocenters. The Kier molecular flexibility index (Phi) is 2.44. The van der Waals surface area contributed by atoms with Crippen LogP contribution in [0.3, 0.4) is 0 Å². The van der Waals surface area contributed by atoms with Gasteiger partial charge in [-0.3, -0.25) is 0 Å². The van der Waals surface area contributed by atoms with Crippen LogP contribution in [-0.2, 0) is 0 Å². The first-order chi connectivity index (χ1) is 5.27. The number of thioether (sulfide) groups is 1. The van der Waals surface area contributed by atoms with Crippen LogP contribution < -0.4 is 0 Å². The normalized spacial score (nSPS) is 9.18. The summed E-state index contributed by atoms with van der Waals surface area (Å²) in [6, 6.07) is 3.18. The van der Waals surface area contributed by atoms with Gasteiger partial charge in [-0.05, 0) is 12.3 Å². The van der Waals surface area contributed by atoms with Crippen molar-refractivity contribution in [3.63, 3.8) is 0 Å². The minimum atomic E-state index is -0.409. The first-order valence-electron chi connectivity index (χ1n) is 2.87. The van der Waals surface area contributed by atoms with Crippen LogP contribution in [0.25, 0.3) is 0 Å². The number of hydrogen-bond donors (Lipinski definition) is 0. The third-order valence-corrected chi connectivity index (χ3v) is 1.90. The highest BCUT2D eigenvalue weighted by molar-refractivity contribution is 7.98. The smallest absolute Gasteiger partial charge is 0.154 e. The molecule has 0 spiro atoms. The van der Waals surface area contributed by atoms with Crippen molar-refractivity contribution in [1.82, 2.24) is 4.98 Å². The van der Waals surface area contributed by atoms with Gasteiger partial charge in [-0.15, -0.1) is 11.8 Å². The molecule has 0 radical (unpaired) electrons. The Balaban J connectivity index is 3.19. The summed E-state index contributed by atoms with van der Waals surface area (Å²) in [6.45, 7) is 0.